The van der Waals surface area contributed by atoms with Gasteiger partial charge in [0, 0.05) is 10.0 Å². The first-order valence-electron chi connectivity index (χ1n) is 10.1. The highest BCUT2D eigenvalue weighted by Crippen LogP contribution is 2.18. The Hall–Kier alpha value is -2.34. The summed E-state index contributed by atoms with van der Waals surface area (Å²) in [6.45, 7) is 2.84. The van der Waals surface area contributed by atoms with Gasteiger partial charge >= 0.3 is 0 Å². The molecule has 1 amide bonds. The minimum atomic E-state index is -0.322. The van der Waals surface area contributed by atoms with Crippen LogP contribution < -0.4 is 14.9 Å². The Morgan fingerprint density at radius 3 is 2.34 bits per heavy atom. The van der Waals surface area contributed by atoms with E-state index in [1.54, 1.807) is 18.3 Å². The molecule has 0 radical (unpaired) electrons. The number of carbonyl (C=O) groups is 1. The Labute approximate surface area is 181 Å². The first kappa shape index (κ1) is 22.9. The maximum atomic E-state index is 11.8. The van der Waals surface area contributed by atoms with Gasteiger partial charge in [-0.3, -0.25) is 4.79 Å². The van der Waals surface area contributed by atoms with Crippen molar-refractivity contribution in [2.24, 2.45) is 5.10 Å². The molecule has 0 saturated heterocycles. The monoisotopic (exact) mass is 460 g/mol. The van der Waals surface area contributed by atoms with Gasteiger partial charge in [-0.05, 0) is 36.8 Å². The SMILES string of the molecule is CCCCCCCCOc1ccc(OCC(=O)N/N=C\c2ccccc2Br)cc1. The van der Waals surface area contributed by atoms with Gasteiger partial charge in [0.15, 0.2) is 6.61 Å². The highest BCUT2D eigenvalue weighted by molar-refractivity contribution is 9.10. The van der Waals surface area contributed by atoms with Crippen LogP contribution in [0.3, 0.4) is 0 Å². The quantitative estimate of drug-likeness (QED) is 0.236. The summed E-state index contributed by atoms with van der Waals surface area (Å²) in [7, 11) is 0. The molecular formula is C23H29BrN2O3. The molecule has 0 aliphatic heterocycles. The second-order valence-electron chi connectivity index (χ2n) is 6.69. The van der Waals surface area contributed by atoms with Crippen LogP contribution in [0.15, 0.2) is 58.1 Å². The smallest absolute Gasteiger partial charge is 0.277 e. The second-order valence-corrected chi connectivity index (χ2v) is 7.55. The first-order valence-corrected chi connectivity index (χ1v) is 10.9. The number of amides is 1. The fourth-order valence-electron chi connectivity index (χ4n) is 2.64. The molecule has 0 aliphatic carbocycles. The van der Waals surface area contributed by atoms with Crippen molar-refractivity contribution in [1.29, 1.82) is 0 Å². The average Bonchev–Trinajstić information content (AvgIpc) is 2.74. The first-order chi connectivity index (χ1) is 14.2. The molecule has 0 aliphatic rings. The molecule has 0 saturated carbocycles. The van der Waals surface area contributed by atoms with Crippen molar-refractivity contribution in [2.45, 2.75) is 45.4 Å². The molecule has 5 nitrogen and oxygen atoms in total. The lowest BCUT2D eigenvalue weighted by molar-refractivity contribution is -0.123. The van der Waals surface area contributed by atoms with Crippen molar-refractivity contribution < 1.29 is 14.3 Å². The van der Waals surface area contributed by atoms with Crippen LogP contribution in [0.2, 0.25) is 0 Å². The summed E-state index contributed by atoms with van der Waals surface area (Å²) in [6, 6.07) is 14.9. The van der Waals surface area contributed by atoms with Crippen LogP contribution in [0, 0.1) is 0 Å². The number of unbranched alkanes of at least 4 members (excludes halogenated alkanes) is 5. The third kappa shape index (κ3) is 9.61. The fourth-order valence-corrected chi connectivity index (χ4v) is 3.03. The molecule has 0 bridgehead atoms. The Kier molecular flexibility index (Phi) is 10.9. The topological polar surface area (TPSA) is 59.9 Å². The van der Waals surface area contributed by atoms with Gasteiger partial charge in [-0.1, -0.05) is 73.2 Å². The van der Waals surface area contributed by atoms with Gasteiger partial charge in [-0.25, -0.2) is 5.43 Å². The van der Waals surface area contributed by atoms with E-state index in [0.29, 0.717) is 5.75 Å². The number of hydrogen-bond acceptors (Lipinski definition) is 4. The van der Waals surface area contributed by atoms with Crippen LogP contribution in [0.1, 0.15) is 51.0 Å². The second kappa shape index (κ2) is 13.8. The number of nitrogens with one attached hydrogen (secondary N) is 1. The molecule has 0 fully saturated rings. The summed E-state index contributed by atoms with van der Waals surface area (Å²) in [5.74, 6) is 1.10. The summed E-state index contributed by atoms with van der Waals surface area (Å²) < 4.78 is 12.1. The van der Waals surface area contributed by atoms with Crippen LogP contribution in [-0.2, 0) is 4.79 Å². The Morgan fingerprint density at radius 1 is 0.966 bits per heavy atom. The van der Waals surface area contributed by atoms with Gasteiger partial charge in [0.05, 0.1) is 12.8 Å². The molecule has 0 atom stereocenters. The van der Waals surface area contributed by atoms with Gasteiger partial charge in [-0.15, -0.1) is 0 Å². The zero-order chi connectivity index (χ0) is 20.7. The Balaban J connectivity index is 1.62. The van der Waals surface area contributed by atoms with E-state index in [9.17, 15) is 4.79 Å². The van der Waals surface area contributed by atoms with Crippen LogP contribution in [0.4, 0.5) is 0 Å². The Morgan fingerprint density at radius 2 is 1.62 bits per heavy atom. The number of hydrazone groups is 1. The van der Waals surface area contributed by atoms with E-state index in [1.807, 2.05) is 36.4 Å². The minimum Gasteiger partial charge on any atom is -0.494 e. The number of carbonyl (C=O) groups excluding carboxylic acids is 1. The summed E-state index contributed by atoms with van der Waals surface area (Å²) >= 11 is 3.42. The predicted octanol–water partition coefficient (Wildman–Crippen LogP) is 5.72. The van der Waals surface area contributed by atoms with Crippen molar-refractivity contribution in [1.82, 2.24) is 5.43 Å². The normalized spacial score (nSPS) is 10.8. The number of halogens is 1. The average molecular weight is 461 g/mol. The number of benzene rings is 2. The minimum absolute atomic E-state index is 0.106. The van der Waals surface area contributed by atoms with Crippen LogP contribution in [-0.4, -0.2) is 25.3 Å². The lowest BCUT2D eigenvalue weighted by Crippen LogP contribution is -2.24. The molecular weight excluding hydrogens is 432 g/mol. The van der Waals surface area contributed by atoms with Gasteiger partial charge in [0.1, 0.15) is 11.5 Å². The lowest BCUT2D eigenvalue weighted by Gasteiger charge is -2.08. The molecule has 156 valence electrons. The molecule has 2 rings (SSSR count). The molecule has 2 aromatic carbocycles. The van der Waals surface area contributed by atoms with Gasteiger partial charge in [0.2, 0.25) is 0 Å². The van der Waals surface area contributed by atoms with Crippen LogP contribution in [0.5, 0.6) is 11.5 Å². The van der Waals surface area contributed by atoms with Crippen molar-refractivity contribution in [3.8, 4) is 11.5 Å². The summed E-state index contributed by atoms with van der Waals surface area (Å²) in [6.07, 6.45) is 9.03. The van der Waals surface area contributed by atoms with Gasteiger partial charge in [0.25, 0.3) is 5.91 Å². The number of ether oxygens (including phenoxy) is 2. The molecule has 1 N–H and O–H groups in total. The fraction of sp³-hybridized carbons (Fsp3) is 0.391. The van der Waals surface area contributed by atoms with Crippen LogP contribution in [0.25, 0.3) is 0 Å². The van der Waals surface area contributed by atoms with Crippen molar-refractivity contribution in [3.05, 3.63) is 58.6 Å². The molecule has 6 heteroatoms. The van der Waals surface area contributed by atoms with Crippen LogP contribution >= 0.6 is 15.9 Å². The van der Waals surface area contributed by atoms with Gasteiger partial charge < -0.3 is 9.47 Å². The van der Waals surface area contributed by atoms with E-state index in [4.69, 9.17) is 9.47 Å². The summed E-state index contributed by atoms with van der Waals surface area (Å²) in [5.41, 5.74) is 3.33. The maximum absolute atomic E-state index is 11.8. The predicted molar refractivity (Wildman–Crippen MR) is 121 cm³/mol. The molecule has 29 heavy (non-hydrogen) atoms. The summed E-state index contributed by atoms with van der Waals surface area (Å²) in [5, 5.41) is 3.94. The van der Waals surface area contributed by atoms with E-state index in [0.717, 1.165) is 28.8 Å². The standard InChI is InChI=1S/C23H29BrN2O3/c1-2-3-4-5-6-9-16-28-20-12-14-21(15-13-20)29-18-23(27)26-25-17-19-10-7-8-11-22(19)24/h7-8,10-15,17H,2-6,9,16,18H2,1H3,(H,26,27)/b25-17-. The van der Waals surface area contributed by atoms with E-state index in [1.165, 1.54) is 32.1 Å². The number of hydrogen-bond donors (Lipinski definition) is 1. The van der Waals surface area contributed by atoms with Crippen molar-refractivity contribution >= 4 is 28.1 Å². The number of nitrogens with zero attached hydrogens (tertiary/aromatic N) is 1. The lowest BCUT2D eigenvalue weighted by atomic mass is 10.1. The van der Waals surface area contributed by atoms with Crippen molar-refractivity contribution in [3.63, 3.8) is 0 Å². The zero-order valence-corrected chi connectivity index (χ0v) is 18.5. The number of rotatable bonds is 13. The van der Waals surface area contributed by atoms with Crippen molar-refractivity contribution in [2.75, 3.05) is 13.2 Å². The molecule has 0 aromatic heterocycles. The largest absolute Gasteiger partial charge is 0.494 e. The highest BCUT2D eigenvalue weighted by atomic mass is 79.9. The van der Waals surface area contributed by atoms with E-state index >= 15 is 0 Å². The molecule has 0 heterocycles. The van der Waals surface area contributed by atoms with Gasteiger partial charge in [-0.2, -0.15) is 5.10 Å². The molecule has 0 unspecified atom stereocenters. The maximum Gasteiger partial charge on any atom is 0.277 e. The third-order valence-corrected chi connectivity index (χ3v) is 4.98. The highest BCUT2D eigenvalue weighted by Gasteiger charge is 2.02. The molecule has 2 aromatic rings. The Bertz CT molecular complexity index is 763. The third-order valence-electron chi connectivity index (χ3n) is 4.26. The zero-order valence-electron chi connectivity index (χ0n) is 16.9. The molecule has 0 spiro atoms. The van der Waals surface area contributed by atoms with E-state index < -0.39 is 0 Å². The van der Waals surface area contributed by atoms with E-state index in [-0.39, 0.29) is 12.5 Å². The van der Waals surface area contributed by atoms with E-state index in [2.05, 4.69) is 33.4 Å². The summed E-state index contributed by atoms with van der Waals surface area (Å²) in [4.78, 5) is 11.8.